The predicted octanol–water partition coefficient (Wildman–Crippen LogP) is 2.38. The van der Waals surface area contributed by atoms with Gasteiger partial charge in [-0.05, 0) is 30.8 Å². The standard InChI is InChI=1S/C14H13N3O4S2/c18-7-9(10-3-4-15-8-16-10)6-11-13(21)17(14(22)23-11)5-1-2-12(19)20/h3-4,6-8,21H,1-2,5H2,(H,19,20)/b9-6+. The number of nitrogens with zero attached hydrogens (tertiary/aromatic N) is 3. The number of allylic oxidation sites excluding steroid dienone is 1. The predicted molar refractivity (Wildman–Crippen MR) is 87.6 cm³/mol. The van der Waals surface area contributed by atoms with Gasteiger partial charge in [-0.25, -0.2) is 9.97 Å². The van der Waals surface area contributed by atoms with Crippen LogP contribution in [0.3, 0.4) is 0 Å². The summed E-state index contributed by atoms with van der Waals surface area (Å²) in [5, 5.41) is 18.9. The molecule has 0 atom stereocenters. The second-order valence-electron chi connectivity index (χ2n) is 4.52. The average molecular weight is 351 g/mol. The van der Waals surface area contributed by atoms with Crippen LogP contribution in [0.1, 0.15) is 23.4 Å². The summed E-state index contributed by atoms with van der Waals surface area (Å²) in [7, 11) is 0. The van der Waals surface area contributed by atoms with Gasteiger partial charge in [0.25, 0.3) is 0 Å². The lowest BCUT2D eigenvalue weighted by molar-refractivity contribution is -0.137. The molecule has 2 rings (SSSR count). The Morgan fingerprint density at radius 3 is 2.87 bits per heavy atom. The van der Waals surface area contributed by atoms with Crippen molar-refractivity contribution in [3.63, 3.8) is 0 Å². The van der Waals surface area contributed by atoms with E-state index in [0.717, 1.165) is 11.3 Å². The highest BCUT2D eigenvalue weighted by molar-refractivity contribution is 7.73. The molecule has 0 saturated heterocycles. The summed E-state index contributed by atoms with van der Waals surface area (Å²) in [5.74, 6) is -0.989. The number of carboxylic acids is 1. The number of rotatable bonds is 7. The van der Waals surface area contributed by atoms with Crippen LogP contribution in [0.15, 0.2) is 18.6 Å². The van der Waals surface area contributed by atoms with Crippen LogP contribution in [-0.2, 0) is 16.1 Å². The average Bonchev–Trinajstić information content (AvgIpc) is 2.80. The molecule has 23 heavy (non-hydrogen) atoms. The van der Waals surface area contributed by atoms with Crippen LogP contribution in [-0.4, -0.2) is 37.0 Å². The van der Waals surface area contributed by atoms with Crippen LogP contribution in [0.4, 0.5) is 0 Å². The van der Waals surface area contributed by atoms with Gasteiger partial charge in [-0.3, -0.25) is 14.2 Å². The third-order valence-electron chi connectivity index (χ3n) is 2.96. The molecule has 120 valence electrons. The number of aldehydes is 1. The van der Waals surface area contributed by atoms with Gasteiger partial charge < -0.3 is 10.2 Å². The fourth-order valence-corrected chi connectivity index (χ4v) is 3.18. The molecule has 0 aromatic carbocycles. The van der Waals surface area contributed by atoms with Gasteiger partial charge in [0.05, 0.1) is 10.6 Å². The van der Waals surface area contributed by atoms with Gasteiger partial charge in [0.2, 0.25) is 5.88 Å². The lowest BCUT2D eigenvalue weighted by Crippen LogP contribution is -2.01. The molecule has 2 heterocycles. The first-order valence-electron chi connectivity index (χ1n) is 6.60. The summed E-state index contributed by atoms with van der Waals surface area (Å²) in [6.07, 6.45) is 5.31. The van der Waals surface area contributed by atoms with Crippen molar-refractivity contribution >= 4 is 47.5 Å². The molecule has 0 bridgehead atoms. The molecule has 0 aliphatic rings. The molecule has 7 nitrogen and oxygen atoms in total. The zero-order valence-corrected chi connectivity index (χ0v) is 13.5. The number of carbonyl (C=O) groups excluding carboxylic acids is 1. The summed E-state index contributed by atoms with van der Waals surface area (Å²) in [4.78, 5) is 30.0. The van der Waals surface area contributed by atoms with E-state index in [4.69, 9.17) is 17.3 Å². The highest BCUT2D eigenvalue weighted by Crippen LogP contribution is 2.30. The maximum Gasteiger partial charge on any atom is 0.303 e. The molecule has 0 spiro atoms. The molecule has 0 fully saturated rings. The van der Waals surface area contributed by atoms with Crippen molar-refractivity contribution in [1.29, 1.82) is 0 Å². The monoisotopic (exact) mass is 351 g/mol. The SMILES string of the molecule is O=C/C(=C\c1sc(=S)n(CCCC(=O)O)c1O)c1ccncn1. The fourth-order valence-electron chi connectivity index (χ4n) is 1.86. The summed E-state index contributed by atoms with van der Waals surface area (Å²) in [6, 6.07) is 1.58. The van der Waals surface area contributed by atoms with E-state index in [9.17, 15) is 14.7 Å². The number of thiazole rings is 1. The topological polar surface area (TPSA) is 105 Å². The van der Waals surface area contributed by atoms with Gasteiger partial charge in [-0.2, -0.15) is 0 Å². The summed E-state index contributed by atoms with van der Waals surface area (Å²) in [6.45, 7) is 0.297. The quantitative estimate of drug-likeness (QED) is 0.448. The maximum atomic E-state index is 11.3. The summed E-state index contributed by atoms with van der Waals surface area (Å²) in [5.41, 5.74) is 0.725. The number of hydrogen-bond donors (Lipinski definition) is 2. The Kier molecular flexibility index (Phi) is 5.72. The van der Waals surface area contributed by atoms with Crippen LogP contribution >= 0.6 is 23.6 Å². The van der Waals surface area contributed by atoms with Gasteiger partial charge in [0, 0.05) is 24.7 Å². The van der Waals surface area contributed by atoms with E-state index in [-0.39, 0.29) is 17.9 Å². The van der Waals surface area contributed by atoms with Gasteiger partial charge in [0.1, 0.15) is 6.33 Å². The van der Waals surface area contributed by atoms with E-state index in [1.165, 1.54) is 23.2 Å². The molecular formula is C14H13N3O4S2. The molecule has 0 unspecified atom stereocenters. The Hall–Kier alpha value is -2.39. The molecule has 2 aromatic heterocycles. The van der Waals surface area contributed by atoms with E-state index in [2.05, 4.69) is 9.97 Å². The number of carbonyl (C=O) groups is 2. The van der Waals surface area contributed by atoms with Crippen molar-refractivity contribution < 1.29 is 19.8 Å². The highest BCUT2D eigenvalue weighted by atomic mass is 32.1. The molecule has 0 saturated carbocycles. The van der Waals surface area contributed by atoms with E-state index < -0.39 is 5.97 Å². The van der Waals surface area contributed by atoms with Crippen molar-refractivity contribution in [3.8, 4) is 5.88 Å². The van der Waals surface area contributed by atoms with Crippen LogP contribution in [0.5, 0.6) is 5.88 Å². The van der Waals surface area contributed by atoms with Crippen LogP contribution in [0.2, 0.25) is 0 Å². The number of aliphatic carboxylic acids is 1. The van der Waals surface area contributed by atoms with Crippen LogP contribution in [0.25, 0.3) is 11.6 Å². The molecule has 0 aliphatic heterocycles. The summed E-state index contributed by atoms with van der Waals surface area (Å²) < 4.78 is 1.86. The number of aromatic nitrogens is 3. The largest absolute Gasteiger partial charge is 0.493 e. The normalized spacial score (nSPS) is 11.4. The highest BCUT2D eigenvalue weighted by Gasteiger charge is 2.12. The van der Waals surface area contributed by atoms with Crippen molar-refractivity contribution in [1.82, 2.24) is 14.5 Å². The fraction of sp³-hybridized carbons (Fsp3) is 0.214. The van der Waals surface area contributed by atoms with Gasteiger partial charge >= 0.3 is 5.97 Å². The Labute approximate surface area is 140 Å². The first-order valence-corrected chi connectivity index (χ1v) is 7.83. The van der Waals surface area contributed by atoms with Crippen LogP contribution in [0, 0.1) is 3.95 Å². The smallest absolute Gasteiger partial charge is 0.303 e. The molecule has 0 radical (unpaired) electrons. The van der Waals surface area contributed by atoms with E-state index in [0.29, 0.717) is 33.8 Å². The van der Waals surface area contributed by atoms with Gasteiger partial charge in [-0.15, -0.1) is 11.3 Å². The third-order valence-corrected chi connectivity index (χ3v) is 4.34. The Bertz CT molecular complexity index is 796. The number of carboxylic acid groups (broad SMARTS) is 1. The van der Waals surface area contributed by atoms with Crippen molar-refractivity contribution in [3.05, 3.63) is 33.1 Å². The lowest BCUT2D eigenvalue weighted by atomic mass is 10.2. The minimum Gasteiger partial charge on any atom is -0.493 e. The number of hydrogen-bond acceptors (Lipinski definition) is 7. The zero-order chi connectivity index (χ0) is 16.8. The number of aromatic hydroxyl groups is 1. The zero-order valence-electron chi connectivity index (χ0n) is 11.9. The molecule has 9 heteroatoms. The molecule has 0 amide bonds. The summed E-state index contributed by atoms with van der Waals surface area (Å²) >= 11 is 6.32. The van der Waals surface area contributed by atoms with E-state index in [1.807, 2.05) is 0 Å². The lowest BCUT2D eigenvalue weighted by Gasteiger charge is -2.03. The Balaban J connectivity index is 2.30. The van der Waals surface area contributed by atoms with Crippen LogP contribution < -0.4 is 0 Å². The van der Waals surface area contributed by atoms with Crippen molar-refractivity contribution in [2.24, 2.45) is 0 Å². The molecular weight excluding hydrogens is 338 g/mol. The second-order valence-corrected chi connectivity index (χ2v) is 6.19. The Morgan fingerprint density at radius 1 is 1.48 bits per heavy atom. The van der Waals surface area contributed by atoms with E-state index in [1.54, 1.807) is 6.07 Å². The third kappa shape index (κ3) is 4.30. The first kappa shape index (κ1) is 17.0. The van der Waals surface area contributed by atoms with Crippen molar-refractivity contribution in [2.45, 2.75) is 19.4 Å². The first-order chi connectivity index (χ1) is 11.0. The maximum absolute atomic E-state index is 11.3. The molecule has 0 aliphatic carbocycles. The van der Waals surface area contributed by atoms with Crippen molar-refractivity contribution in [2.75, 3.05) is 0 Å². The van der Waals surface area contributed by atoms with Gasteiger partial charge in [0.15, 0.2) is 10.2 Å². The molecule has 2 aromatic rings. The molecule has 2 N–H and O–H groups in total. The second kappa shape index (κ2) is 7.75. The van der Waals surface area contributed by atoms with E-state index >= 15 is 0 Å². The Morgan fingerprint density at radius 2 is 2.26 bits per heavy atom. The minimum atomic E-state index is -0.904. The van der Waals surface area contributed by atoms with Gasteiger partial charge in [-0.1, -0.05) is 0 Å². The minimum absolute atomic E-state index is 0.0112.